The highest BCUT2D eigenvalue weighted by Gasteiger charge is 2.05. The van der Waals surface area contributed by atoms with Gasteiger partial charge in [0.1, 0.15) is 12.0 Å². The van der Waals surface area contributed by atoms with Crippen molar-refractivity contribution in [2.45, 2.75) is 6.54 Å². The molecule has 2 aromatic heterocycles. The molecule has 2 heterocycles. The minimum absolute atomic E-state index is 0.0644. The first-order valence-electron chi connectivity index (χ1n) is 4.36. The van der Waals surface area contributed by atoms with Gasteiger partial charge in [-0.2, -0.15) is 15.0 Å². The van der Waals surface area contributed by atoms with Gasteiger partial charge in [-0.1, -0.05) is 5.16 Å². The van der Waals surface area contributed by atoms with Gasteiger partial charge >= 0.3 is 6.01 Å². The molecule has 8 heteroatoms. The number of ether oxygens (including phenoxy) is 1. The predicted molar refractivity (Wildman–Crippen MR) is 55.2 cm³/mol. The minimum atomic E-state index is 0.0644. The fraction of sp³-hybridized carbons (Fsp3) is 0.250. The second-order valence-corrected chi connectivity index (χ2v) is 3.10. The summed E-state index contributed by atoms with van der Waals surface area (Å²) < 4.78 is 9.53. The van der Waals surface area contributed by atoms with Crippen LogP contribution in [0.3, 0.4) is 0 Å². The van der Waals surface area contributed by atoms with E-state index in [2.05, 4.69) is 29.9 Å². The molecule has 0 radical (unpaired) electrons. The van der Waals surface area contributed by atoms with Gasteiger partial charge in [0.05, 0.1) is 13.7 Å². The summed E-state index contributed by atoms with van der Waals surface area (Å²) in [6.45, 7) is 0.431. The molecule has 0 aliphatic rings. The van der Waals surface area contributed by atoms with Crippen molar-refractivity contribution in [3.05, 3.63) is 23.3 Å². The van der Waals surface area contributed by atoms with Crippen molar-refractivity contribution in [1.82, 2.24) is 20.1 Å². The summed E-state index contributed by atoms with van der Waals surface area (Å²) in [5, 5.41) is 6.70. The molecule has 0 fully saturated rings. The normalized spacial score (nSPS) is 10.1. The summed E-state index contributed by atoms with van der Waals surface area (Å²) in [5.74, 6) is 0.319. The number of anilines is 1. The van der Waals surface area contributed by atoms with Gasteiger partial charge in [-0.15, -0.1) is 0 Å². The van der Waals surface area contributed by atoms with Crippen molar-refractivity contribution in [3.8, 4) is 6.01 Å². The van der Waals surface area contributed by atoms with E-state index in [0.29, 0.717) is 12.5 Å². The van der Waals surface area contributed by atoms with E-state index in [0.717, 1.165) is 5.69 Å². The molecule has 0 atom stereocenters. The van der Waals surface area contributed by atoms with Crippen LogP contribution in [0.5, 0.6) is 6.01 Å². The molecule has 0 aliphatic heterocycles. The van der Waals surface area contributed by atoms with E-state index in [4.69, 9.17) is 16.3 Å². The highest BCUT2D eigenvalue weighted by atomic mass is 35.5. The fourth-order valence-corrected chi connectivity index (χ4v) is 1.15. The van der Waals surface area contributed by atoms with Gasteiger partial charge in [0.2, 0.25) is 11.2 Å². The Balaban J connectivity index is 2.06. The van der Waals surface area contributed by atoms with E-state index in [-0.39, 0.29) is 11.3 Å². The molecule has 0 aromatic carbocycles. The average Bonchev–Trinajstić information content (AvgIpc) is 2.78. The maximum absolute atomic E-state index is 5.67. The number of hydrogen-bond donors (Lipinski definition) is 1. The van der Waals surface area contributed by atoms with Crippen LogP contribution < -0.4 is 10.1 Å². The largest absolute Gasteiger partial charge is 0.467 e. The summed E-state index contributed by atoms with van der Waals surface area (Å²) >= 11 is 5.67. The second kappa shape index (κ2) is 4.75. The Morgan fingerprint density at radius 3 is 3.00 bits per heavy atom. The van der Waals surface area contributed by atoms with Crippen LogP contribution in [-0.4, -0.2) is 27.2 Å². The molecule has 7 nitrogen and oxygen atoms in total. The van der Waals surface area contributed by atoms with Gasteiger partial charge in [-0.3, -0.25) is 0 Å². The monoisotopic (exact) mass is 241 g/mol. The molecule has 0 saturated carbocycles. The van der Waals surface area contributed by atoms with Crippen LogP contribution in [-0.2, 0) is 6.54 Å². The first-order valence-corrected chi connectivity index (χ1v) is 4.74. The van der Waals surface area contributed by atoms with Crippen molar-refractivity contribution < 1.29 is 9.26 Å². The zero-order valence-corrected chi connectivity index (χ0v) is 9.10. The third-order valence-electron chi connectivity index (χ3n) is 1.69. The van der Waals surface area contributed by atoms with Gasteiger partial charge in [0.15, 0.2) is 0 Å². The predicted octanol–water partition coefficient (Wildman–Crippen LogP) is 1.13. The third-order valence-corrected chi connectivity index (χ3v) is 1.86. The molecular weight excluding hydrogens is 234 g/mol. The van der Waals surface area contributed by atoms with E-state index >= 15 is 0 Å². The SMILES string of the molecule is COc1nc(Cl)nc(NCc2ccon2)n1. The van der Waals surface area contributed by atoms with Crippen LogP contribution in [0, 0.1) is 0 Å². The van der Waals surface area contributed by atoms with Crippen molar-refractivity contribution >= 4 is 17.5 Å². The van der Waals surface area contributed by atoms with Crippen LogP contribution in [0.4, 0.5) is 5.95 Å². The molecule has 0 amide bonds. The Kier molecular flexibility index (Phi) is 3.16. The number of rotatable bonds is 4. The van der Waals surface area contributed by atoms with Crippen LogP contribution in [0.1, 0.15) is 5.69 Å². The number of nitrogens with zero attached hydrogens (tertiary/aromatic N) is 4. The maximum atomic E-state index is 5.67. The average molecular weight is 242 g/mol. The summed E-state index contributed by atoms with van der Waals surface area (Å²) in [4.78, 5) is 11.6. The van der Waals surface area contributed by atoms with Gasteiger partial charge in [0.25, 0.3) is 0 Å². The maximum Gasteiger partial charge on any atom is 0.322 e. The van der Waals surface area contributed by atoms with E-state index in [9.17, 15) is 0 Å². The standard InChI is InChI=1S/C8H8ClN5O2/c1-15-8-12-6(9)11-7(13-8)10-4-5-2-3-16-14-5/h2-3H,4H2,1H3,(H,10,11,12,13). The molecule has 1 N–H and O–H groups in total. The molecule has 0 aliphatic carbocycles. The lowest BCUT2D eigenvalue weighted by atomic mass is 10.4. The van der Waals surface area contributed by atoms with Crippen molar-refractivity contribution in [3.63, 3.8) is 0 Å². The number of aromatic nitrogens is 4. The van der Waals surface area contributed by atoms with Crippen molar-refractivity contribution in [2.24, 2.45) is 0 Å². The summed E-state index contributed by atoms with van der Waals surface area (Å²) in [5.41, 5.74) is 0.732. The third kappa shape index (κ3) is 2.57. The highest BCUT2D eigenvalue weighted by Crippen LogP contribution is 2.11. The molecule has 2 rings (SSSR count). The summed E-state index contributed by atoms with van der Waals surface area (Å²) in [7, 11) is 1.45. The quantitative estimate of drug-likeness (QED) is 0.859. The van der Waals surface area contributed by atoms with Gasteiger partial charge in [-0.25, -0.2) is 0 Å². The first kappa shape index (κ1) is 10.6. The van der Waals surface area contributed by atoms with E-state index in [1.165, 1.54) is 13.4 Å². The Morgan fingerprint density at radius 2 is 2.31 bits per heavy atom. The Morgan fingerprint density at radius 1 is 1.44 bits per heavy atom. The molecule has 16 heavy (non-hydrogen) atoms. The minimum Gasteiger partial charge on any atom is -0.467 e. The number of nitrogens with one attached hydrogen (secondary N) is 1. The smallest absolute Gasteiger partial charge is 0.322 e. The highest BCUT2D eigenvalue weighted by molar-refractivity contribution is 6.28. The van der Waals surface area contributed by atoms with Crippen LogP contribution in [0.15, 0.2) is 16.9 Å². The molecule has 84 valence electrons. The zero-order valence-electron chi connectivity index (χ0n) is 8.35. The molecule has 2 aromatic rings. The van der Waals surface area contributed by atoms with E-state index in [1.54, 1.807) is 6.07 Å². The lowest BCUT2D eigenvalue weighted by Gasteiger charge is -2.03. The lowest BCUT2D eigenvalue weighted by Crippen LogP contribution is -2.06. The fourth-order valence-electron chi connectivity index (χ4n) is 1.00. The molecule has 0 spiro atoms. The number of methoxy groups -OCH3 is 1. The Hall–Kier alpha value is -1.89. The van der Waals surface area contributed by atoms with Crippen LogP contribution in [0.2, 0.25) is 5.28 Å². The van der Waals surface area contributed by atoms with Crippen LogP contribution in [0.25, 0.3) is 0 Å². The molecular formula is C8H8ClN5O2. The molecule has 0 saturated heterocycles. The van der Waals surface area contributed by atoms with Crippen molar-refractivity contribution in [2.75, 3.05) is 12.4 Å². The van der Waals surface area contributed by atoms with Crippen LogP contribution >= 0.6 is 11.6 Å². The summed E-state index contributed by atoms with van der Waals surface area (Å²) in [6.07, 6.45) is 1.48. The number of hydrogen-bond acceptors (Lipinski definition) is 7. The second-order valence-electron chi connectivity index (χ2n) is 2.76. The topological polar surface area (TPSA) is 86.0 Å². The molecule has 0 bridgehead atoms. The van der Waals surface area contributed by atoms with Crippen molar-refractivity contribution in [1.29, 1.82) is 0 Å². The Labute approximate surface area is 95.8 Å². The van der Waals surface area contributed by atoms with Gasteiger partial charge in [0, 0.05) is 6.07 Å². The lowest BCUT2D eigenvalue weighted by molar-refractivity contribution is 0.378. The van der Waals surface area contributed by atoms with Gasteiger partial charge in [-0.05, 0) is 11.6 Å². The zero-order chi connectivity index (χ0) is 11.4. The van der Waals surface area contributed by atoms with E-state index < -0.39 is 0 Å². The first-order chi connectivity index (χ1) is 7.78. The number of halogens is 1. The van der Waals surface area contributed by atoms with Gasteiger partial charge < -0.3 is 14.6 Å². The Bertz CT molecular complexity index is 461. The summed E-state index contributed by atoms with van der Waals surface area (Å²) in [6, 6.07) is 1.88. The molecule has 0 unspecified atom stereocenters. The van der Waals surface area contributed by atoms with E-state index in [1.807, 2.05) is 0 Å².